The zero-order chi connectivity index (χ0) is 14.6. The van der Waals surface area contributed by atoms with E-state index in [0.29, 0.717) is 11.5 Å². The van der Waals surface area contributed by atoms with Crippen LogP contribution in [0.2, 0.25) is 0 Å². The summed E-state index contributed by atoms with van der Waals surface area (Å²) in [5.74, 6) is 1.19. The third kappa shape index (κ3) is 3.38. The molecule has 0 saturated carbocycles. The van der Waals surface area contributed by atoms with Crippen molar-refractivity contribution in [1.82, 2.24) is 10.4 Å². The molecule has 0 heterocycles. The van der Waals surface area contributed by atoms with Crippen LogP contribution in [0.3, 0.4) is 0 Å². The first-order valence-electron chi connectivity index (χ1n) is 6.03. The van der Waals surface area contributed by atoms with E-state index >= 15 is 0 Å². The van der Waals surface area contributed by atoms with Gasteiger partial charge in [-0.25, -0.2) is 5.01 Å². The van der Waals surface area contributed by atoms with E-state index < -0.39 is 5.41 Å². The number of carbonyl (C=O) groups excluding carboxylic acids is 1. The number of carbonyl (C=O) groups is 1. The molecule has 0 aliphatic carbocycles. The van der Waals surface area contributed by atoms with Crippen molar-refractivity contribution in [3.8, 4) is 11.5 Å². The second-order valence-electron chi connectivity index (χ2n) is 5.03. The molecule has 5 nitrogen and oxygen atoms in total. The molecule has 0 atom stereocenters. The monoisotopic (exact) mass is 266 g/mol. The molecule has 1 amide bonds. The molecule has 0 aromatic heterocycles. The van der Waals surface area contributed by atoms with Gasteiger partial charge in [-0.3, -0.25) is 10.2 Å². The van der Waals surface area contributed by atoms with Gasteiger partial charge in [0.05, 0.1) is 19.6 Å². The molecule has 0 radical (unpaired) electrons. The van der Waals surface area contributed by atoms with E-state index in [0.717, 1.165) is 5.56 Å². The number of nitrogens with one attached hydrogen (secondary N) is 1. The van der Waals surface area contributed by atoms with Gasteiger partial charge in [-0.1, -0.05) is 6.07 Å². The smallest absolute Gasteiger partial charge is 0.244 e. The van der Waals surface area contributed by atoms with E-state index in [4.69, 9.17) is 9.47 Å². The molecule has 0 aliphatic heterocycles. The molecule has 0 unspecified atom stereocenters. The number of amides is 1. The predicted octanol–water partition coefficient (Wildman–Crippen LogP) is 1.57. The lowest BCUT2D eigenvalue weighted by Gasteiger charge is -2.27. The third-order valence-corrected chi connectivity index (χ3v) is 3.00. The number of benzene rings is 1. The van der Waals surface area contributed by atoms with Gasteiger partial charge in [-0.05, 0) is 31.5 Å². The molecule has 5 heteroatoms. The van der Waals surface area contributed by atoms with Crippen molar-refractivity contribution in [2.45, 2.75) is 19.3 Å². The van der Waals surface area contributed by atoms with E-state index in [1.807, 2.05) is 26.0 Å². The molecular weight excluding hydrogens is 244 g/mol. The van der Waals surface area contributed by atoms with Gasteiger partial charge in [0, 0.05) is 14.1 Å². The summed E-state index contributed by atoms with van der Waals surface area (Å²) < 4.78 is 10.5. The minimum Gasteiger partial charge on any atom is -0.493 e. The second kappa shape index (κ2) is 5.93. The highest BCUT2D eigenvalue weighted by atomic mass is 16.5. The first-order valence-corrected chi connectivity index (χ1v) is 6.03. The second-order valence-corrected chi connectivity index (χ2v) is 5.03. The lowest BCUT2D eigenvalue weighted by Crippen LogP contribution is -2.46. The summed E-state index contributed by atoms with van der Waals surface area (Å²) in [5, 5.41) is 1.63. The van der Waals surface area contributed by atoms with Crippen LogP contribution in [0.5, 0.6) is 11.5 Å². The first kappa shape index (κ1) is 15.3. The Morgan fingerprint density at radius 2 is 1.74 bits per heavy atom. The maximum absolute atomic E-state index is 12.2. The lowest BCUT2D eigenvalue weighted by molar-refractivity contribution is -0.129. The number of hydrazine groups is 1. The standard InChI is InChI=1S/C14H22N2O3/c1-14(2,13(17)15-16(3)4)10-7-8-11(18-5)12(9-10)19-6/h7-9H,1-6H3,(H,15,17). The van der Waals surface area contributed by atoms with Gasteiger partial charge in [0.1, 0.15) is 0 Å². The van der Waals surface area contributed by atoms with E-state index in [9.17, 15) is 4.79 Å². The van der Waals surface area contributed by atoms with Gasteiger partial charge in [-0.15, -0.1) is 0 Å². The average Bonchev–Trinajstić information content (AvgIpc) is 2.36. The van der Waals surface area contributed by atoms with E-state index in [1.54, 1.807) is 39.4 Å². The van der Waals surface area contributed by atoms with Gasteiger partial charge in [0.2, 0.25) is 5.91 Å². The van der Waals surface area contributed by atoms with Crippen molar-refractivity contribution in [3.05, 3.63) is 23.8 Å². The van der Waals surface area contributed by atoms with Crippen molar-refractivity contribution in [3.63, 3.8) is 0 Å². The molecule has 106 valence electrons. The molecule has 1 aromatic rings. The topological polar surface area (TPSA) is 50.8 Å². The zero-order valence-corrected chi connectivity index (χ0v) is 12.4. The van der Waals surface area contributed by atoms with E-state index in [-0.39, 0.29) is 5.91 Å². The fourth-order valence-corrected chi connectivity index (χ4v) is 1.70. The van der Waals surface area contributed by atoms with E-state index in [1.165, 1.54) is 0 Å². The molecule has 1 rings (SSSR count). The summed E-state index contributed by atoms with van der Waals surface area (Å²) >= 11 is 0. The molecule has 1 N–H and O–H groups in total. The largest absolute Gasteiger partial charge is 0.493 e. The van der Waals surface area contributed by atoms with Crippen LogP contribution in [0.1, 0.15) is 19.4 Å². The molecule has 0 bridgehead atoms. The zero-order valence-electron chi connectivity index (χ0n) is 12.4. The van der Waals surface area contributed by atoms with Crippen LogP contribution in [-0.2, 0) is 10.2 Å². The summed E-state index contributed by atoms with van der Waals surface area (Å²) in [6.45, 7) is 3.74. The number of nitrogens with zero attached hydrogens (tertiary/aromatic N) is 1. The number of hydrogen-bond acceptors (Lipinski definition) is 4. The van der Waals surface area contributed by atoms with Gasteiger partial charge in [-0.2, -0.15) is 0 Å². The normalized spacial score (nSPS) is 11.3. The molecular formula is C14H22N2O3. The fraction of sp³-hybridized carbons (Fsp3) is 0.500. The quantitative estimate of drug-likeness (QED) is 0.822. The van der Waals surface area contributed by atoms with E-state index in [2.05, 4.69) is 5.43 Å². The molecule has 0 spiro atoms. The summed E-state index contributed by atoms with van der Waals surface area (Å²) in [5.41, 5.74) is 2.97. The number of rotatable bonds is 5. The number of ether oxygens (including phenoxy) is 2. The lowest BCUT2D eigenvalue weighted by atomic mass is 9.83. The molecule has 19 heavy (non-hydrogen) atoms. The summed E-state index contributed by atoms with van der Waals surface area (Å²) in [4.78, 5) is 12.2. The number of hydrogen-bond donors (Lipinski definition) is 1. The highest BCUT2D eigenvalue weighted by molar-refractivity contribution is 5.87. The predicted molar refractivity (Wildman–Crippen MR) is 74.4 cm³/mol. The molecule has 0 saturated heterocycles. The van der Waals surface area contributed by atoms with Crippen molar-refractivity contribution in [1.29, 1.82) is 0 Å². The Labute approximate surface area is 114 Å². The van der Waals surface area contributed by atoms with Crippen molar-refractivity contribution in [2.75, 3.05) is 28.3 Å². The summed E-state index contributed by atoms with van der Waals surface area (Å²) in [6.07, 6.45) is 0. The van der Waals surface area contributed by atoms with Gasteiger partial charge >= 0.3 is 0 Å². The highest BCUT2D eigenvalue weighted by Gasteiger charge is 2.31. The van der Waals surface area contributed by atoms with Crippen LogP contribution in [-0.4, -0.2) is 39.2 Å². The van der Waals surface area contributed by atoms with Crippen LogP contribution < -0.4 is 14.9 Å². The Morgan fingerprint density at radius 1 is 1.16 bits per heavy atom. The maximum Gasteiger partial charge on any atom is 0.244 e. The summed E-state index contributed by atoms with van der Waals surface area (Å²) in [6, 6.07) is 5.50. The third-order valence-electron chi connectivity index (χ3n) is 3.00. The Balaban J connectivity index is 3.10. The number of methoxy groups -OCH3 is 2. The van der Waals surface area contributed by atoms with Gasteiger partial charge in [0.15, 0.2) is 11.5 Å². The Kier molecular flexibility index (Phi) is 4.78. The van der Waals surface area contributed by atoms with Crippen LogP contribution in [0.4, 0.5) is 0 Å². The Bertz CT molecular complexity index is 456. The van der Waals surface area contributed by atoms with Crippen LogP contribution >= 0.6 is 0 Å². The van der Waals surface area contributed by atoms with Crippen molar-refractivity contribution in [2.24, 2.45) is 0 Å². The first-order chi connectivity index (χ1) is 8.82. The minimum absolute atomic E-state index is 0.0790. The van der Waals surface area contributed by atoms with Gasteiger partial charge in [0.25, 0.3) is 0 Å². The molecule has 0 aliphatic rings. The van der Waals surface area contributed by atoms with Crippen molar-refractivity contribution < 1.29 is 14.3 Å². The molecule has 0 fully saturated rings. The Hall–Kier alpha value is -1.75. The van der Waals surface area contributed by atoms with Crippen molar-refractivity contribution >= 4 is 5.91 Å². The van der Waals surface area contributed by atoms with Crippen LogP contribution in [0, 0.1) is 0 Å². The summed E-state index contributed by atoms with van der Waals surface area (Å²) in [7, 11) is 6.72. The fourth-order valence-electron chi connectivity index (χ4n) is 1.70. The highest BCUT2D eigenvalue weighted by Crippen LogP contribution is 2.33. The van der Waals surface area contributed by atoms with Crippen LogP contribution in [0.15, 0.2) is 18.2 Å². The minimum atomic E-state index is -0.663. The SMILES string of the molecule is COc1ccc(C(C)(C)C(=O)NN(C)C)cc1OC. The average molecular weight is 266 g/mol. The maximum atomic E-state index is 12.2. The Morgan fingerprint density at radius 3 is 2.21 bits per heavy atom. The van der Waals surface area contributed by atoms with Gasteiger partial charge < -0.3 is 9.47 Å². The molecule has 1 aromatic carbocycles. The van der Waals surface area contributed by atoms with Crippen LogP contribution in [0.25, 0.3) is 0 Å².